The number of rotatable bonds is 1. The zero-order chi connectivity index (χ0) is 12.6. The van der Waals surface area contributed by atoms with Crippen molar-refractivity contribution < 1.29 is 5.11 Å². The van der Waals surface area contributed by atoms with Gasteiger partial charge < -0.3 is 10.4 Å². The van der Waals surface area contributed by atoms with Gasteiger partial charge in [-0.1, -0.05) is 12.8 Å². The molecule has 2 saturated heterocycles. The van der Waals surface area contributed by atoms with E-state index >= 15 is 0 Å². The average molecular weight is 252 g/mol. The van der Waals surface area contributed by atoms with Gasteiger partial charge in [0.2, 0.25) is 0 Å². The zero-order valence-electron chi connectivity index (χ0n) is 11.7. The number of nitrogens with zero attached hydrogens (tertiary/aromatic N) is 1. The molecular formula is C15H28N2O. The Morgan fingerprint density at radius 3 is 2.33 bits per heavy atom. The standard InChI is InChI=1S/C15H28N2O/c1-14(18)6-9-16-12-13(14)17-10-7-15(8-11-17)4-2-3-5-15/h13,16,18H,2-12H2,1H3. The topological polar surface area (TPSA) is 35.5 Å². The first kappa shape index (κ1) is 12.9. The fourth-order valence-electron chi connectivity index (χ4n) is 4.42. The molecule has 104 valence electrons. The Morgan fingerprint density at radius 1 is 1.06 bits per heavy atom. The summed E-state index contributed by atoms with van der Waals surface area (Å²) in [5.41, 5.74) is 0.190. The van der Waals surface area contributed by atoms with Gasteiger partial charge in [-0.2, -0.15) is 0 Å². The van der Waals surface area contributed by atoms with Gasteiger partial charge in [-0.25, -0.2) is 0 Å². The van der Waals surface area contributed by atoms with E-state index < -0.39 is 5.60 Å². The van der Waals surface area contributed by atoms with Gasteiger partial charge in [-0.3, -0.25) is 4.90 Å². The van der Waals surface area contributed by atoms with Gasteiger partial charge in [0.05, 0.1) is 11.6 Å². The first-order chi connectivity index (χ1) is 8.61. The van der Waals surface area contributed by atoms with Crippen LogP contribution in [0.1, 0.15) is 51.9 Å². The van der Waals surface area contributed by atoms with Crippen LogP contribution >= 0.6 is 0 Å². The minimum Gasteiger partial charge on any atom is -0.388 e. The normalized spacial score (nSPS) is 41.3. The molecule has 1 spiro atoms. The van der Waals surface area contributed by atoms with E-state index in [-0.39, 0.29) is 0 Å². The lowest BCUT2D eigenvalue weighted by Crippen LogP contribution is -2.62. The monoisotopic (exact) mass is 252 g/mol. The van der Waals surface area contributed by atoms with Gasteiger partial charge in [-0.05, 0) is 64.1 Å². The molecule has 2 aliphatic heterocycles. The van der Waals surface area contributed by atoms with Crippen molar-refractivity contribution in [1.82, 2.24) is 10.2 Å². The number of piperidine rings is 2. The summed E-state index contributed by atoms with van der Waals surface area (Å²) in [5.74, 6) is 0. The second-order valence-electron chi connectivity index (χ2n) is 7.07. The van der Waals surface area contributed by atoms with E-state index in [0.29, 0.717) is 11.5 Å². The van der Waals surface area contributed by atoms with Crippen molar-refractivity contribution >= 4 is 0 Å². The van der Waals surface area contributed by atoms with E-state index in [4.69, 9.17) is 0 Å². The summed E-state index contributed by atoms with van der Waals surface area (Å²) in [6.45, 7) is 6.34. The van der Waals surface area contributed by atoms with Gasteiger partial charge in [0.15, 0.2) is 0 Å². The molecule has 3 rings (SSSR count). The van der Waals surface area contributed by atoms with Crippen LogP contribution < -0.4 is 5.32 Å². The van der Waals surface area contributed by atoms with E-state index in [1.807, 2.05) is 6.92 Å². The highest BCUT2D eigenvalue weighted by Gasteiger charge is 2.43. The maximum Gasteiger partial charge on any atom is 0.0798 e. The van der Waals surface area contributed by atoms with Crippen molar-refractivity contribution in [2.24, 2.45) is 5.41 Å². The lowest BCUT2D eigenvalue weighted by Gasteiger charge is -2.49. The fraction of sp³-hybridized carbons (Fsp3) is 1.00. The van der Waals surface area contributed by atoms with Crippen LogP contribution in [0.15, 0.2) is 0 Å². The Hall–Kier alpha value is -0.120. The molecule has 0 aromatic heterocycles. The summed E-state index contributed by atoms with van der Waals surface area (Å²) in [7, 11) is 0. The molecule has 2 unspecified atom stereocenters. The van der Waals surface area contributed by atoms with E-state index in [1.54, 1.807) is 0 Å². The molecule has 3 nitrogen and oxygen atoms in total. The summed E-state index contributed by atoms with van der Waals surface area (Å²) in [6.07, 6.45) is 9.42. The first-order valence-corrected chi connectivity index (χ1v) is 7.79. The Morgan fingerprint density at radius 2 is 1.72 bits per heavy atom. The molecule has 0 aromatic rings. The molecule has 0 amide bonds. The van der Waals surface area contributed by atoms with E-state index in [9.17, 15) is 5.11 Å². The Labute approximate surface area is 111 Å². The van der Waals surface area contributed by atoms with E-state index in [0.717, 1.165) is 19.5 Å². The molecule has 0 radical (unpaired) electrons. The smallest absolute Gasteiger partial charge is 0.0798 e. The van der Waals surface area contributed by atoms with Gasteiger partial charge in [0.25, 0.3) is 0 Å². The highest BCUT2D eigenvalue weighted by Crippen LogP contribution is 2.46. The molecule has 3 heteroatoms. The predicted molar refractivity (Wildman–Crippen MR) is 73.6 cm³/mol. The third-order valence-corrected chi connectivity index (χ3v) is 5.83. The Kier molecular flexibility index (Phi) is 3.41. The van der Waals surface area contributed by atoms with Crippen molar-refractivity contribution in [3.05, 3.63) is 0 Å². The maximum atomic E-state index is 10.6. The first-order valence-electron chi connectivity index (χ1n) is 7.79. The van der Waals surface area contributed by atoms with Crippen molar-refractivity contribution in [3.63, 3.8) is 0 Å². The van der Waals surface area contributed by atoms with Gasteiger partial charge in [-0.15, -0.1) is 0 Å². The van der Waals surface area contributed by atoms with Crippen molar-refractivity contribution in [2.75, 3.05) is 26.2 Å². The Bertz CT molecular complexity index is 287. The molecule has 0 aromatic carbocycles. The zero-order valence-corrected chi connectivity index (χ0v) is 11.7. The molecule has 0 bridgehead atoms. The molecule has 3 aliphatic rings. The fourth-order valence-corrected chi connectivity index (χ4v) is 4.42. The van der Waals surface area contributed by atoms with Crippen molar-refractivity contribution in [3.8, 4) is 0 Å². The minimum atomic E-state index is -0.495. The lowest BCUT2D eigenvalue weighted by molar-refractivity contribution is -0.0686. The average Bonchev–Trinajstić information content (AvgIpc) is 2.79. The number of hydrogen-bond acceptors (Lipinski definition) is 3. The predicted octanol–water partition coefficient (Wildman–Crippen LogP) is 1.76. The minimum absolute atomic E-state index is 0.324. The highest BCUT2D eigenvalue weighted by molar-refractivity contribution is 4.98. The quantitative estimate of drug-likeness (QED) is 0.746. The Balaban J connectivity index is 1.61. The van der Waals surface area contributed by atoms with E-state index in [1.165, 1.54) is 51.6 Å². The molecule has 2 heterocycles. The van der Waals surface area contributed by atoms with Gasteiger partial charge in [0, 0.05) is 6.54 Å². The molecule has 1 saturated carbocycles. The van der Waals surface area contributed by atoms with Crippen molar-refractivity contribution in [1.29, 1.82) is 0 Å². The maximum absolute atomic E-state index is 10.6. The molecule has 18 heavy (non-hydrogen) atoms. The second kappa shape index (κ2) is 4.77. The van der Waals surface area contributed by atoms with Crippen LogP contribution in [0.5, 0.6) is 0 Å². The summed E-state index contributed by atoms with van der Waals surface area (Å²) < 4.78 is 0. The third-order valence-electron chi connectivity index (χ3n) is 5.83. The van der Waals surface area contributed by atoms with Crippen LogP contribution in [-0.4, -0.2) is 47.8 Å². The van der Waals surface area contributed by atoms with Crippen LogP contribution in [0.4, 0.5) is 0 Å². The van der Waals surface area contributed by atoms with Crippen LogP contribution in [0, 0.1) is 5.41 Å². The number of aliphatic hydroxyl groups is 1. The lowest BCUT2D eigenvalue weighted by atomic mass is 9.76. The number of hydrogen-bond donors (Lipinski definition) is 2. The summed E-state index contributed by atoms with van der Waals surface area (Å²) in [5, 5.41) is 14.0. The third kappa shape index (κ3) is 2.33. The van der Waals surface area contributed by atoms with Crippen LogP contribution in [0.25, 0.3) is 0 Å². The number of nitrogens with one attached hydrogen (secondary N) is 1. The summed E-state index contributed by atoms with van der Waals surface area (Å²) in [6, 6.07) is 0.324. The molecule has 3 fully saturated rings. The largest absolute Gasteiger partial charge is 0.388 e. The summed E-state index contributed by atoms with van der Waals surface area (Å²) >= 11 is 0. The molecule has 2 N–H and O–H groups in total. The molecular weight excluding hydrogens is 224 g/mol. The van der Waals surface area contributed by atoms with Crippen LogP contribution in [0.3, 0.4) is 0 Å². The van der Waals surface area contributed by atoms with Crippen molar-refractivity contribution in [2.45, 2.75) is 63.5 Å². The van der Waals surface area contributed by atoms with Crippen LogP contribution in [-0.2, 0) is 0 Å². The number of likely N-dealkylation sites (tertiary alicyclic amines) is 1. The van der Waals surface area contributed by atoms with Crippen LogP contribution in [0.2, 0.25) is 0 Å². The SMILES string of the molecule is CC1(O)CCNCC1N1CCC2(CCCC2)CC1. The highest BCUT2D eigenvalue weighted by atomic mass is 16.3. The summed E-state index contributed by atoms with van der Waals surface area (Å²) in [4.78, 5) is 2.55. The molecule has 1 aliphatic carbocycles. The molecule has 2 atom stereocenters. The van der Waals surface area contributed by atoms with Gasteiger partial charge in [0.1, 0.15) is 0 Å². The second-order valence-corrected chi connectivity index (χ2v) is 7.07. The van der Waals surface area contributed by atoms with E-state index in [2.05, 4.69) is 10.2 Å². The van der Waals surface area contributed by atoms with Gasteiger partial charge >= 0.3 is 0 Å².